The van der Waals surface area contributed by atoms with Crippen LogP contribution in [0, 0.1) is 11.3 Å². The van der Waals surface area contributed by atoms with Gasteiger partial charge in [0.25, 0.3) is 0 Å². The monoisotopic (exact) mass is 342 g/mol. The third-order valence-electron chi connectivity index (χ3n) is 3.93. The first-order valence-corrected chi connectivity index (χ1v) is 8.49. The molecule has 1 N–H and O–H groups in total. The van der Waals surface area contributed by atoms with Gasteiger partial charge >= 0.3 is 6.18 Å². The van der Waals surface area contributed by atoms with E-state index in [2.05, 4.69) is 5.32 Å². The largest absolute Gasteiger partial charge is 0.416 e. The number of nitriles is 1. The molecule has 0 saturated heterocycles. The van der Waals surface area contributed by atoms with Gasteiger partial charge in [-0.2, -0.15) is 18.4 Å². The molecule has 1 saturated carbocycles. The Balaban J connectivity index is 2.11. The lowest BCUT2D eigenvalue weighted by Gasteiger charge is -2.24. The minimum atomic E-state index is -4.39. The number of alkyl halides is 3. The van der Waals surface area contributed by atoms with Crippen LogP contribution in [0.15, 0.2) is 24.3 Å². The highest BCUT2D eigenvalue weighted by Crippen LogP contribution is 2.41. The Morgan fingerprint density at radius 1 is 1.35 bits per heavy atom. The van der Waals surface area contributed by atoms with Crippen LogP contribution < -0.4 is 5.32 Å². The molecule has 1 amide bonds. The summed E-state index contributed by atoms with van der Waals surface area (Å²) < 4.78 is 39.5. The van der Waals surface area contributed by atoms with E-state index in [-0.39, 0.29) is 34.9 Å². The third-order valence-corrected chi connectivity index (χ3v) is 4.73. The van der Waals surface area contributed by atoms with Gasteiger partial charge in [-0.1, -0.05) is 24.6 Å². The van der Waals surface area contributed by atoms with Crippen molar-refractivity contribution in [2.75, 3.05) is 11.5 Å². The highest BCUT2D eigenvalue weighted by atomic mass is 32.2. The summed E-state index contributed by atoms with van der Waals surface area (Å²) in [4.78, 5) is 11.9. The minimum Gasteiger partial charge on any atom is -0.352 e. The van der Waals surface area contributed by atoms with Crippen LogP contribution in [-0.2, 0) is 11.0 Å². The van der Waals surface area contributed by atoms with Crippen molar-refractivity contribution in [3.05, 3.63) is 35.4 Å². The highest BCUT2D eigenvalue weighted by molar-refractivity contribution is 8.00. The number of thioether (sulfide) groups is 1. The van der Waals surface area contributed by atoms with E-state index in [0.29, 0.717) is 12.8 Å². The number of hydrogen-bond acceptors (Lipinski definition) is 3. The molecular formula is C16H17F3N2OS. The van der Waals surface area contributed by atoms with Gasteiger partial charge in [-0.3, -0.25) is 4.79 Å². The van der Waals surface area contributed by atoms with E-state index in [9.17, 15) is 18.0 Å². The lowest BCUT2D eigenvalue weighted by Crippen LogP contribution is -2.38. The summed E-state index contributed by atoms with van der Waals surface area (Å²) in [5.74, 6) is -0.180. The van der Waals surface area contributed by atoms with Crippen LogP contribution >= 0.6 is 11.8 Å². The van der Waals surface area contributed by atoms with E-state index in [1.165, 1.54) is 23.9 Å². The lowest BCUT2D eigenvalue weighted by atomic mass is 9.90. The van der Waals surface area contributed by atoms with Crippen molar-refractivity contribution in [1.82, 2.24) is 5.32 Å². The molecule has 2 rings (SSSR count). The van der Waals surface area contributed by atoms with Gasteiger partial charge in [0.15, 0.2) is 0 Å². The van der Waals surface area contributed by atoms with Gasteiger partial charge < -0.3 is 5.32 Å². The molecule has 7 heteroatoms. The van der Waals surface area contributed by atoms with Crippen molar-refractivity contribution in [2.45, 2.75) is 37.4 Å². The van der Waals surface area contributed by atoms with Gasteiger partial charge in [-0.05, 0) is 24.5 Å². The standard InChI is InChI=1S/C16H17F3N2OS/c17-16(18,19)13-6-2-1-4-11(13)12-5-3-7-14(12)21-15(22)10-23-9-8-20/h1-2,4,6,12,14H,3,5,7,9-10H2,(H,21,22)/t12-,14+/m1/s1. The number of hydrogen-bond donors (Lipinski definition) is 1. The van der Waals surface area contributed by atoms with Crippen LogP contribution in [0.3, 0.4) is 0 Å². The zero-order valence-electron chi connectivity index (χ0n) is 12.4. The molecule has 0 aliphatic heterocycles. The average Bonchev–Trinajstić information content (AvgIpc) is 2.94. The van der Waals surface area contributed by atoms with Gasteiger partial charge in [-0.15, -0.1) is 11.8 Å². The summed E-state index contributed by atoms with van der Waals surface area (Å²) in [7, 11) is 0. The molecule has 1 fully saturated rings. The number of carbonyl (C=O) groups excluding carboxylic acids is 1. The van der Waals surface area contributed by atoms with E-state index in [4.69, 9.17) is 5.26 Å². The van der Waals surface area contributed by atoms with Crippen molar-refractivity contribution < 1.29 is 18.0 Å². The lowest BCUT2D eigenvalue weighted by molar-refractivity contribution is -0.138. The van der Waals surface area contributed by atoms with Gasteiger partial charge in [0.2, 0.25) is 5.91 Å². The second kappa shape index (κ2) is 7.73. The first kappa shape index (κ1) is 17.7. The predicted molar refractivity (Wildman–Crippen MR) is 82.9 cm³/mol. The van der Waals surface area contributed by atoms with E-state index < -0.39 is 11.7 Å². The zero-order valence-corrected chi connectivity index (χ0v) is 13.2. The van der Waals surface area contributed by atoms with Crippen molar-refractivity contribution >= 4 is 17.7 Å². The Bertz CT molecular complexity index is 598. The third kappa shape index (κ3) is 4.64. The molecule has 1 aliphatic carbocycles. The summed E-state index contributed by atoms with van der Waals surface area (Å²) in [5.41, 5.74) is -0.363. The second-order valence-corrected chi connectivity index (χ2v) is 6.43. The number of benzene rings is 1. The minimum absolute atomic E-state index is 0.150. The zero-order chi connectivity index (χ0) is 16.9. The normalized spacial score (nSPS) is 21.0. The number of carbonyl (C=O) groups is 1. The predicted octanol–water partition coefficient (Wildman–Crippen LogP) is 3.71. The molecule has 23 heavy (non-hydrogen) atoms. The summed E-state index contributed by atoms with van der Waals surface area (Å²) in [5, 5.41) is 11.3. The molecule has 3 nitrogen and oxygen atoms in total. The number of nitrogens with zero attached hydrogens (tertiary/aromatic N) is 1. The van der Waals surface area contributed by atoms with Gasteiger partial charge in [0, 0.05) is 12.0 Å². The Kier molecular flexibility index (Phi) is 5.94. The molecule has 1 aromatic carbocycles. The average molecular weight is 342 g/mol. The molecule has 124 valence electrons. The molecule has 0 unspecified atom stereocenters. The summed E-state index contributed by atoms with van der Waals surface area (Å²) in [6.07, 6.45) is -2.31. The van der Waals surface area contributed by atoms with E-state index in [1.54, 1.807) is 6.07 Å². The van der Waals surface area contributed by atoms with Crippen LogP contribution in [0.2, 0.25) is 0 Å². The Hall–Kier alpha value is -1.68. The van der Waals surface area contributed by atoms with Gasteiger partial charge in [0.05, 0.1) is 23.1 Å². The maximum atomic E-state index is 13.2. The topological polar surface area (TPSA) is 52.9 Å². The van der Waals surface area contributed by atoms with Gasteiger partial charge in [0.1, 0.15) is 0 Å². The first-order valence-electron chi connectivity index (χ1n) is 7.33. The van der Waals surface area contributed by atoms with Crippen molar-refractivity contribution in [3.63, 3.8) is 0 Å². The number of amides is 1. The molecule has 0 heterocycles. The van der Waals surface area contributed by atoms with E-state index in [1.807, 2.05) is 6.07 Å². The molecule has 2 atom stereocenters. The Morgan fingerprint density at radius 2 is 2.09 bits per heavy atom. The Morgan fingerprint density at radius 3 is 2.78 bits per heavy atom. The fourth-order valence-electron chi connectivity index (χ4n) is 3.02. The molecule has 1 aromatic rings. The summed E-state index contributed by atoms with van der Waals surface area (Å²) >= 11 is 1.20. The Labute approximate surface area is 137 Å². The molecular weight excluding hydrogens is 325 g/mol. The highest BCUT2D eigenvalue weighted by Gasteiger charge is 2.38. The second-order valence-electron chi connectivity index (χ2n) is 5.45. The maximum Gasteiger partial charge on any atom is 0.416 e. The smallest absolute Gasteiger partial charge is 0.352 e. The molecule has 0 spiro atoms. The van der Waals surface area contributed by atoms with Crippen molar-refractivity contribution in [2.24, 2.45) is 0 Å². The van der Waals surface area contributed by atoms with Crippen LogP contribution in [0.25, 0.3) is 0 Å². The number of rotatable bonds is 5. The summed E-state index contributed by atoms with van der Waals surface area (Å²) in [6, 6.07) is 7.23. The molecule has 0 radical (unpaired) electrons. The van der Waals surface area contributed by atoms with Crippen molar-refractivity contribution in [1.29, 1.82) is 5.26 Å². The van der Waals surface area contributed by atoms with Crippen molar-refractivity contribution in [3.8, 4) is 6.07 Å². The van der Waals surface area contributed by atoms with Crippen LogP contribution in [0.4, 0.5) is 13.2 Å². The van der Waals surface area contributed by atoms with E-state index >= 15 is 0 Å². The summed E-state index contributed by atoms with van der Waals surface area (Å²) in [6.45, 7) is 0. The van der Waals surface area contributed by atoms with Crippen LogP contribution in [-0.4, -0.2) is 23.5 Å². The van der Waals surface area contributed by atoms with Crippen LogP contribution in [0.5, 0.6) is 0 Å². The number of nitrogens with one attached hydrogen (secondary N) is 1. The molecule has 1 aliphatic rings. The van der Waals surface area contributed by atoms with Crippen LogP contribution in [0.1, 0.15) is 36.3 Å². The fourth-order valence-corrected chi connectivity index (χ4v) is 3.48. The quantitative estimate of drug-likeness (QED) is 0.830. The first-order chi connectivity index (χ1) is 10.9. The van der Waals surface area contributed by atoms with E-state index in [0.717, 1.165) is 12.5 Å². The molecule has 0 bridgehead atoms. The number of halogens is 3. The fraction of sp³-hybridized carbons (Fsp3) is 0.500. The van der Waals surface area contributed by atoms with Gasteiger partial charge in [-0.25, -0.2) is 0 Å². The molecule has 0 aromatic heterocycles. The maximum absolute atomic E-state index is 13.2. The SMILES string of the molecule is N#CCSCC(=O)N[C@H]1CCC[C@@H]1c1ccccc1C(F)(F)F.